The number of benzene rings is 1. The van der Waals surface area contributed by atoms with Gasteiger partial charge in [-0.1, -0.05) is 13.3 Å². The summed E-state index contributed by atoms with van der Waals surface area (Å²) in [6.07, 6.45) is 2.19. The summed E-state index contributed by atoms with van der Waals surface area (Å²) in [5.41, 5.74) is 0.243. The number of fused-ring (bicyclic) bond motifs is 1. The average Bonchev–Trinajstić information content (AvgIpc) is 2.93. The van der Waals surface area contributed by atoms with Gasteiger partial charge in [0.1, 0.15) is 17.2 Å². The van der Waals surface area contributed by atoms with E-state index < -0.39 is 34.9 Å². The van der Waals surface area contributed by atoms with Gasteiger partial charge in [-0.15, -0.1) is 0 Å². The number of imidazole rings is 1. The number of carbonyl (C=O) groups excluding carboxylic acids is 1. The molecule has 0 atom stereocenters. The molecule has 3 rings (SSSR count). The molecular weight excluding hydrogens is 338 g/mol. The molecule has 130 valence electrons. The van der Waals surface area contributed by atoms with E-state index in [0.717, 1.165) is 12.3 Å². The van der Waals surface area contributed by atoms with Crippen LogP contribution < -0.4 is 5.32 Å². The lowest BCUT2D eigenvalue weighted by molar-refractivity contribution is 0.102. The molecule has 8 heteroatoms. The number of aromatic nitrogens is 2. The second kappa shape index (κ2) is 6.54. The minimum Gasteiger partial charge on any atom is -0.318 e. The lowest BCUT2D eigenvalue weighted by Crippen LogP contribution is -2.18. The molecule has 2 heterocycles. The number of amides is 1. The van der Waals surface area contributed by atoms with Crippen LogP contribution in [0.1, 0.15) is 29.5 Å². The van der Waals surface area contributed by atoms with E-state index in [0.29, 0.717) is 30.2 Å². The zero-order valence-corrected chi connectivity index (χ0v) is 13.1. The standard InChI is InChI=1S/C17H13F4N3O/c1-2-3-12-16(24-8-9(18)4-7-13(24)22-12)17(25)23-11-6-5-10(19)14(20)15(11)21/h4-8H,2-3H2,1H3,(H,23,25). The van der Waals surface area contributed by atoms with Crippen LogP contribution in [0.5, 0.6) is 0 Å². The zero-order chi connectivity index (χ0) is 18.1. The summed E-state index contributed by atoms with van der Waals surface area (Å²) in [4.78, 5) is 16.8. The van der Waals surface area contributed by atoms with Gasteiger partial charge in [-0.25, -0.2) is 22.5 Å². The number of rotatable bonds is 4. The molecule has 0 spiro atoms. The van der Waals surface area contributed by atoms with Crippen molar-refractivity contribution in [2.24, 2.45) is 0 Å². The van der Waals surface area contributed by atoms with Crippen molar-refractivity contribution < 1.29 is 22.4 Å². The van der Waals surface area contributed by atoms with E-state index in [9.17, 15) is 22.4 Å². The van der Waals surface area contributed by atoms with E-state index in [1.165, 1.54) is 16.5 Å². The van der Waals surface area contributed by atoms with Gasteiger partial charge >= 0.3 is 0 Å². The van der Waals surface area contributed by atoms with E-state index in [-0.39, 0.29) is 5.69 Å². The highest BCUT2D eigenvalue weighted by atomic mass is 19.2. The molecule has 0 aliphatic rings. The molecule has 0 bridgehead atoms. The average molecular weight is 351 g/mol. The minimum atomic E-state index is -1.68. The smallest absolute Gasteiger partial charge is 0.274 e. The number of carbonyl (C=O) groups is 1. The first-order chi connectivity index (χ1) is 11.9. The SMILES string of the molecule is CCCc1nc2ccc(F)cn2c1C(=O)Nc1ccc(F)c(F)c1F. The number of nitrogens with one attached hydrogen (secondary N) is 1. The molecule has 1 amide bonds. The van der Waals surface area contributed by atoms with E-state index in [4.69, 9.17) is 0 Å². The highest BCUT2D eigenvalue weighted by Gasteiger charge is 2.22. The van der Waals surface area contributed by atoms with Crippen LogP contribution >= 0.6 is 0 Å². The fourth-order valence-electron chi connectivity index (χ4n) is 2.52. The van der Waals surface area contributed by atoms with Gasteiger partial charge in [0.25, 0.3) is 5.91 Å². The molecule has 0 saturated carbocycles. The number of hydrogen-bond donors (Lipinski definition) is 1. The van der Waals surface area contributed by atoms with Crippen LogP contribution in [0.3, 0.4) is 0 Å². The Morgan fingerprint density at radius 3 is 2.60 bits per heavy atom. The van der Waals surface area contributed by atoms with Gasteiger partial charge in [-0.3, -0.25) is 9.20 Å². The van der Waals surface area contributed by atoms with Crippen molar-refractivity contribution >= 4 is 17.2 Å². The van der Waals surface area contributed by atoms with Crippen molar-refractivity contribution in [1.82, 2.24) is 9.38 Å². The molecule has 25 heavy (non-hydrogen) atoms. The first-order valence-electron chi connectivity index (χ1n) is 7.53. The van der Waals surface area contributed by atoms with Gasteiger partial charge < -0.3 is 5.32 Å². The first kappa shape index (κ1) is 16.9. The number of anilines is 1. The Morgan fingerprint density at radius 2 is 1.88 bits per heavy atom. The maximum absolute atomic E-state index is 13.8. The van der Waals surface area contributed by atoms with Gasteiger partial charge in [0, 0.05) is 6.20 Å². The first-order valence-corrected chi connectivity index (χ1v) is 7.53. The molecule has 1 N–H and O–H groups in total. The minimum absolute atomic E-state index is 0.0143. The number of halogens is 4. The van der Waals surface area contributed by atoms with Gasteiger partial charge in [0.05, 0.1) is 11.4 Å². The Balaban J connectivity index is 2.06. The Labute approximate surface area is 140 Å². The topological polar surface area (TPSA) is 46.4 Å². The van der Waals surface area contributed by atoms with E-state index >= 15 is 0 Å². The van der Waals surface area contributed by atoms with Gasteiger partial charge in [0.2, 0.25) is 0 Å². The van der Waals surface area contributed by atoms with Crippen molar-refractivity contribution in [1.29, 1.82) is 0 Å². The summed E-state index contributed by atoms with van der Waals surface area (Å²) in [7, 11) is 0. The van der Waals surface area contributed by atoms with Crippen LogP contribution in [0.2, 0.25) is 0 Å². The molecular formula is C17H13F4N3O. The third kappa shape index (κ3) is 3.07. The number of nitrogens with zero attached hydrogens (tertiary/aromatic N) is 2. The Morgan fingerprint density at radius 1 is 1.12 bits per heavy atom. The van der Waals surface area contributed by atoms with Crippen LogP contribution in [0.25, 0.3) is 5.65 Å². The lowest BCUT2D eigenvalue weighted by atomic mass is 10.2. The highest BCUT2D eigenvalue weighted by molar-refractivity contribution is 6.04. The van der Waals surface area contributed by atoms with Crippen LogP contribution in [-0.4, -0.2) is 15.3 Å². The molecule has 0 aliphatic carbocycles. The van der Waals surface area contributed by atoms with Gasteiger partial charge in [-0.05, 0) is 30.7 Å². The van der Waals surface area contributed by atoms with Crippen LogP contribution in [-0.2, 0) is 6.42 Å². The molecule has 4 nitrogen and oxygen atoms in total. The largest absolute Gasteiger partial charge is 0.318 e. The Bertz CT molecular complexity index is 968. The fourth-order valence-corrected chi connectivity index (χ4v) is 2.52. The monoisotopic (exact) mass is 351 g/mol. The molecule has 0 unspecified atom stereocenters. The van der Waals surface area contributed by atoms with Crippen molar-refractivity contribution in [3.63, 3.8) is 0 Å². The molecule has 2 aromatic heterocycles. The summed E-state index contributed by atoms with van der Waals surface area (Å²) in [5, 5.41) is 2.19. The third-order valence-electron chi connectivity index (χ3n) is 3.64. The molecule has 3 aromatic rings. The predicted octanol–water partition coefficient (Wildman–Crippen LogP) is 4.10. The van der Waals surface area contributed by atoms with Crippen LogP contribution in [0.15, 0.2) is 30.5 Å². The molecule has 1 aromatic carbocycles. The lowest BCUT2D eigenvalue weighted by Gasteiger charge is -2.08. The fraction of sp³-hybridized carbons (Fsp3) is 0.176. The second-order valence-electron chi connectivity index (χ2n) is 5.41. The van der Waals surface area contributed by atoms with Crippen molar-refractivity contribution in [3.8, 4) is 0 Å². The maximum atomic E-state index is 13.8. The van der Waals surface area contributed by atoms with Crippen molar-refractivity contribution in [3.05, 3.63) is 65.1 Å². The van der Waals surface area contributed by atoms with Crippen LogP contribution in [0.4, 0.5) is 23.2 Å². The number of aryl methyl sites for hydroxylation is 1. The van der Waals surface area contributed by atoms with Gasteiger partial charge in [-0.2, -0.15) is 0 Å². The van der Waals surface area contributed by atoms with E-state index in [2.05, 4.69) is 10.3 Å². The predicted molar refractivity (Wildman–Crippen MR) is 83.4 cm³/mol. The van der Waals surface area contributed by atoms with Gasteiger partial charge in [0.15, 0.2) is 17.5 Å². The normalized spacial score (nSPS) is 11.1. The summed E-state index contributed by atoms with van der Waals surface area (Å²) < 4.78 is 54.9. The number of pyridine rings is 1. The molecule has 0 aliphatic heterocycles. The molecule has 0 radical (unpaired) electrons. The molecule has 0 fully saturated rings. The Kier molecular flexibility index (Phi) is 4.43. The summed E-state index contributed by atoms with van der Waals surface area (Å²) >= 11 is 0. The number of hydrogen-bond acceptors (Lipinski definition) is 2. The van der Waals surface area contributed by atoms with Crippen molar-refractivity contribution in [2.45, 2.75) is 19.8 Å². The molecule has 0 saturated heterocycles. The third-order valence-corrected chi connectivity index (χ3v) is 3.64. The highest BCUT2D eigenvalue weighted by Crippen LogP contribution is 2.22. The second-order valence-corrected chi connectivity index (χ2v) is 5.41. The summed E-state index contributed by atoms with van der Waals surface area (Å²) in [6.45, 7) is 1.88. The van der Waals surface area contributed by atoms with Crippen LogP contribution in [0, 0.1) is 23.3 Å². The Hall–Kier alpha value is -2.90. The van der Waals surface area contributed by atoms with E-state index in [1.807, 2.05) is 6.92 Å². The maximum Gasteiger partial charge on any atom is 0.274 e. The van der Waals surface area contributed by atoms with Crippen molar-refractivity contribution in [2.75, 3.05) is 5.32 Å². The summed E-state index contributed by atoms with van der Waals surface area (Å²) in [6, 6.07) is 4.22. The quantitative estimate of drug-likeness (QED) is 0.568. The van der Waals surface area contributed by atoms with E-state index in [1.54, 1.807) is 0 Å². The summed E-state index contributed by atoms with van der Waals surface area (Å²) in [5.74, 6) is -5.94. The zero-order valence-electron chi connectivity index (χ0n) is 13.1.